The average Bonchev–Trinajstić information content (AvgIpc) is 3.72. The van der Waals surface area contributed by atoms with E-state index >= 15 is 0 Å². The van der Waals surface area contributed by atoms with Gasteiger partial charge in [-0.15, -0.1) is 11.3 Å². The number of hydrogen-bond acceptors (Lipinski definition) is 2. The molecule has 0 aliphatic carbocycles. The molecule has 0 atom stereocenters. The van der Waals surface area contributed by atoms with E-state index in [-0.39, 0.29) is 5.84 Å². The van der Waals surface area contributed by atoms with Crippen molar-refractivity contribution in [2.24, 2.45) is 4.99 Å². The van der Waals surface area contributed by atoms with Gasteiger partial charge in [0, 0.05) is 20.7 Å². The topological polar surface area (TPSA) is 36.2 Å². The van der Waals surface area contributed by atoms with Gasteiger partial charge in [0.25, 0.3) is 0 Å². The number of thiophene rings is 1. The summed E-state index contributed by atoms with van der Waals surface area (Å²) in [5.74, 6) is 0.219. The normalized spacial score (nSPS) is 12.0. The number of amidine groups is 1. The van der Waals surface area contributed by atoms with Gasteiger partial charge < -0.3 is 0 Å². The maximum absolute atomic E-state index is 9.05. The highest BCUT2D eigenvalue weighted by molar-refractivity contribution is 7.22. The fourth-order valence-electron chi connectivity index (χ4n) is 7.96. The summed E-state index contributed by atoms with van der Waals surface area (Å²) >= 11 is 1.79. The Morgan fingerprint density at radius 1 is 0.456 bits per heavy atom. The molecule has 10 aromatic rings. The van der Waals surface area contributed by atoms with Crippen LogP contribution in [0.25, 0.3) is 81.2 Å². The van der Waals surface area contributed by atoms with Gasteiger partial charge in [-0.25, -0.2) is 4.99 Å². The van der Waals surface area contributed by atoms with E-state index in [1.807, 2.05) is 30.3 Å². The first-order valence-corrected chi connectivity index (χ1v) is 20.0. The van der Waals surface area contributed by atoms with Crippen molar-refractivity contribution >= 4 is 71.4 Å². The third kappa shape index (κ3) is 6.65. The van der Waals surface area contributed by atoms with E-state index in [0.717, 1.165) is 39.1 Å². The second kappa shape index (κ2) is 14.8. The molecule has 0 spiro atoms. The van der Waals surface area contributed by atoms with E-state index in [1.165, 1.54) is 58.4 Å². The molecule has 0 amide bonds. The SMILES string of the molecule is N=C(N=C(/C=C/c1ccc(-c2c3ccccc3cc3c2ccc2ccccc23)cc1-c1ccccc1)c1cccc(-c2cc3ccccc3s2)c1)c1ccccc1. The van der Waals surface area contributed by atoms with Crippen molar-refractivity contribution in [1.82, 2.24) is 0 Å². The smallest absolute Gasteiger partial charge is 0.152 e. The van der Waals surface area contributed by atoms with Crippen LogP contribution < -0.4 is 0 Å². The largest absolute Gasteiger partial charge is 0.282 e. The predicted molar refractivity (Wildman–Crippen MR) is 246 cm³/mol. The molecule has 0 unspecified atom stereocenters. The van der Waals surface area contributed by atoms with Crippen LogP contribution in [-0.2, 0) is 0 Å². The third-order valence-electron chi connectivity index (χ3n) is 10.8. The average molecular weight is 745 g/mol. The lowest BCUT2D eigenvalue weighted by atomic mass is 9.87. The standard InChI is InChI=1S/C54H36N2S/c55-54(39-17-5-2-6-18-39)56-50(41-21-13-22-42(32-41)52-35-43-20-9-12-25-51(43)57-52)31-29-38-26-27-44(34-48(38)36-14-3-1-4-15-36)53-46-24-11-8-19-40(46)33-49-45-23-10-7-16-37(45)28-30-47(49)53/h1-35,55H/b31-29+,55-54?,56-50?. The predicted octanol–water partition coefficient (Wildman–Crippen LogP) is 14.9. The van der Waals surface area contributed by atoms with Crippen LogP contribution in [0.4, 0.5) is 0 Å². The minimum atomic E-state index is 0.219. The van der Waals surface area contributed by atoms with E-state index in [4.69, 9.17) is 10.4 Å². The second-order valence-electron chi connectivity index (χ2n) is 14.3. The zero-order chi connectivity index (χ0) is 38.1. The Kier molecular flexibility index (Phi) is 8.91. The van der Waals surface area contributed by atoms with Gasteiger partial charge >= 0.3 is 0 Å². The number of allylic oxidation sites excluding steroid dienone is 1. The molecular formula is C54H36N2S. The quantitative estimate of drug-likeness (QED) is 0.0730. The molecule has 0 saturated carbocycles. The van der Waals surface area contributed by atoms with Gasteiger partial charge in [0.1, 0.15) is 0 Å². The Morgan fingerprint density at radius 2 is 1.14 bits per heavy atom. The molecule has 0 saturated heterocycles. The van der Waals surface area contributed by atoms with Crippen LogP contribution in [0.1, 0.15) is 16.7 Å². The van der Waals surface area contributed by atoms with E-state index in [9.17, 15) is 0 Å². The molecular weight excluding hydrogens is 709 g/mol. The third-order valence-corrected chi connectivity index (χ3v) is 11.9. The number of benzene rings is 9. The molecule has 0 aliphatic heterocycles. The highest BCUT2D eigenvalue weighted by atomic mass is 32.1. The van der Waals surface area contributed by atoms with Crippen LogP contribution in [0.2, 0.25) is 0 Å². The van der Waals surface area contributed by atoms with Gasteiger partial charge in [0.15, 0.2) is 5.84 Å². The van der Waals surface area contributed by atoms with Crippen molar-refractivity contribution < 1.29 is 0 Å². The Bertz CT molecular complexity index is 3160. The Labute approximate surface area is 335 Å². The van der Waals surface area contributed by atoms with Gasteiger partial charge in [-0.3, -0.25) is 5.41 Å². The molecule has 3 heteroatoms. The molecule has 10 rings (SSSR count). The molecule has 1 aromatic heterocycles. The van der Waals surface area contributed by atoms with Crippen molar-refractivity contribution in [2.45, 2.75) is 0 Å². The summed E-state index contributed by atoms with van der Waals surface area (Å²) < 4.78 is 1.26. The Morgan fingerprint density at radius 3 is 1.96 bits per heavy atom. The number of fused-ring (bicyclic) bond motifs is 5. The van der Waals surface area contributed by atoms with Crippen LogP contribution in [0.3, 0.4) is 0 Å². The minimum absolute atomic E-state index is 0.219. The summed E-state index contributed by atoms with van der Waals surface area (Å²) in [4.78, 5) is 6.19. The van der Waals surface area contributed by atoms with E-state index in [2.05, 4.69) is 182 Å². The molecule has 1 N–H and O–H groups in total. The molecule has 9 aromatic carbocycles. The summed E-state index contributed by atoms with van der Waals surface area (Å²) in [7, 11) is 0. The van der Waals surface area contributed by atoms with Gasteiger partial charge in [-0.1, -0.05) is 176 Å². The van der Waals surface area contributed by atoms with Crippen LogP contribution in [0.15, 0.2) is 211 Å². The highest BCUT2D eigenvalue weighted by Crippen LogP contribution is 2.41. The number of rotatable bonds is 7. The number of hydrogen-bond donors (Lipinski definition) is 1. The lowest BCUT2D eigenvalue weighted by Gasteiger charge is -2.16. The van der Waals surface area contributed by atoms with Crippen molar-refractivity contribution in [1.29, 1.82) is 5.41 Å². The summed E-state index contributed by atoms with van der Waals surface area (Å²) in [6.45, 7) is 0. The first kappa shape index (κ1) is 34.3. The van der Waals surface area contributed by atoms with Crippen LogP contribution >= 0.6 is 11.3 Å². The molecule has 0 bridgehead atoms. The zero-order valence-electron chi connectivity index (χ0n) is 31.1. The summed E-state index contributed by atoms with van der Waals surface area (Å²) in [5, 5.41) is 17.7. The van der Waals surface area contributed by atoms with Crippen LogP contribution in [0.5, 0.6) is 0 Å². The van der Waals surface area contributed by atoms with E-state index in [0.29, 0.717) is 0 Å². The van der Waals surface area contributed by atoms with Gasteiger partial charge in [-0.05, 0) is 107 Å². The summed E-state index contributed by atoms with van der Waals surface area (Å²) in [6, 6.07) is 70.8. The number of aliphatic imine (C=N–C) groups is 1. The minimum Gasteiger partial charge on any atom is -0.282 e. The molecule has 2 nitrogen and oxygen atoms in total. The molecule has 0 aliphatic rings. The molecule has 268 valence electrons. The van der Waals surface area contributed by atoms with Crippen molar-refractivity contribution in [3.8, 4) is 32.7 Å². The summed E-state index contributed by atoms with van der Waals surface area (Å²) in [6.07, 6.45) is 4.23. The molecule has 0 fully saturated rings. The maximum atomic E-state index is 9.05. The first-order chi connectivity index (χ1) is 28.2. The fraction of sp³-hybridized carbons (Fsp3) is 0. The van der Waals surface area contributed by atoms with Crippen molar-refractivity contribution in [3.05, 3.63) is 223 Å². The highest BCUT2D eigenvalue weighted by Gasteiger charge is 2.15. The fourth-order valence-corrected chi connectivity index (χ4v) is 9.02. The lowest BCUT2D eigenvalue weighted by Crippen LogP contribution is -2.04. The van der Waals surface area contributed by atoms with Crippen molar-refractivity contribution in [3.63, 3.8) is 0 Å². The number of nitrogens with one attached hydrogen (secondary N) is 1. The zero-order valence-corrected chi connectivity index (χ0v) is 31.9. The molecule has 1 heterocycles. The van der Waals surface area contributed by atoms with Crippen LogP contribution in [0, 0.1) is 5.41 Å². The number of nitrogens with zero attached hydrogens (tertiary/aromatic N) is 1. The van der Waals surface area contributed by atoms with E-state index < -0.39 is 0 Å². The monoisotopic (exact) mass is 744 g/mol. The van der Waals surface area contributed by atoms with E-state index in [1.54, 1.807) is 11.3 Å². The molecule has 0 radical (unpaired) electrons. The van der Waals surface area contributed by atoms with Gasteiger partial charge in [-0.2, -0.15) is 0 Å². The second-order valence-corrected chi connectivity index (χ2v) is 15.4. The van der Waals surface area contributed by atoms with Gasteiger partial charge in [0.05, 0.1) is 5.71 Å². The first-order valence-electron chi connectivity index (χ1n) is 19.2. The maximum Gasteiger partial charge on any atom is 0.152 e. The Hall–Kier alpha value is -7.20. The van der Waals surface area contributed by atoms with Gasteiger partial charge in [0.2, 0.25) is 0 Å². The Balaban J connectivity index is 1.13. The van der Waals surface area contributed by atoms with Crippen LogP contribution in [-0.4, -0.2) is 11.5 Å². The lowest BCUT2D eigenvalue weighted by molar-refractivity contribution is 1.41. The molecule has 57 heavy (non-hydrogen) atoms. The summed E-state index contributed by atoms with van der Waals surface area (Å²) in [5.41, 5.74) is 9.31. The van der Waals surface area contributed by atoms with Crippen molar-refractivity contribution in [2.75, 3.05) is 0 Å².